The van der Waals surface area contributed by atoms with Crippen LogP contribution in [-0.4, -0.2) is 20.2 Å². The van der Waals surface area contributed by atoms with E-state index in [0.29, 0.717) is 11.3 Å². The number of ether oxygens (including phenoxy) is 1. The minimum Gasteiger partial charge on any atom is -0.497 e. The summed E-state index contributed by atoms with van der Waals surface area (Å²) in [6, 6.07) is 14.9. The Morgan fingerprint density at radius 1 is 0.947 bits per heavy atom. The van der Waals surface area contributed by atoms with Gasteiger partial charge >= 0.3 is 5.97 Å². The highest BCUT2D eigenvalue weighted by Gasteiger charge is 2.12. The van der Waals surface area contributed by atoms with E-state index in [1.807, 2.05) is 36.4 Å². The van der Waals surface area contributed by atoms with Crippen molar-refractivity contribution in [2.75, 3.05) is 14.2 Å². The number of benzene rings is 2. The number of hydrogen-bond acceptors (Lipinski definition) is 4. The standard InChI is InChI=1S/C15H14O4/c1-17-14-9-12(11-6-4-3-5-7-11)8-13(10-14)15(16)19-18-2/h3-10H,1-2H3. The topological polar surface area (TPSA) is 44.8 Å². The fourth-order valence-electron chi connectivity index (χ4n) is 1.76. The summed E-state index contributed by atoms with van der Waals surface area (Å²) in [6.45, 7) is 0. The van der Waals surface area contributed by atoms with Gasteiger partial charge in [0.2, 0.25) is 0 Å². The first-order valence-electron chi connectivity index (χ1n) is 5.74. The van der Waals surface area contributed by atoms with Crippen LogP contribution in [0.4, 0.5) is 0 Å². The van der Waals surface area contributed by atoms with E-state index in [9.17, 15) is 4.79 Å². The molecule has 0 atom stereocenters. The average molecular weight is 258 g/mol. The third kappa shape index (κ3) is 3.11. The summed E-state index contributed by atoms with van der Waals surface area (Å²) in [5.74, 6) is 0.0305. The summed E-state index contributed by atoms with van der Waals surface area (Å²) in [5, 5.41) is 0. The van der Waals surface area contributed by atoms with E-state index in [-0.39, 0.29) is 0 Å². The van der Waals surface area contributed by atoms with Crippen LogP contribution in [0.2, 0.25) is 0 Å². The second-order valence-corrected chi connectivity index (χ2v) is 3.85. The van der Waals surface area contributed by atoms with Crippen molar-refractivity contribution in [3.63, 3.8) is 0 Å². The Morgan fingerprint density at radius 3 is 2.32 bits per heavy atom. The van der Waals surface area contributed by atoms with Gasteiger partial charge in [0.1, 0.15) is 5.75 Å². The summed E-state index contributed by atoms with van der Waals surface area (Å²) < 4.78 is 5.20. The molecule has 4 nitrogen and oxygen atoms in total. The fraction of sp³-hybridized carbons (Fsp3) is 0.133. The molecule has 0 N–H and O–H groups in total. The third-order valence-electron chi connectivity index (χ3n) is 2.64. The Bertz CT molecular complexity index is 564. The van der Waals surface area contributed by atoms with E-state index < -0.39 is 5.97 Å². The van der Waals surface area contributed by atoms with Gasteiger partial charge in [0.05, 0.1) is 19.8 Å². The van der Waals surface area contributed by atoms with Crippen LogP contribution in [0.25, 0.3) is 11.1 Å². The molecule has 0 aliphatic heterocycles. The zero-order valence-corrected chi connectivity index (χ0v) is 10.8. The van der Waals surface area contributed by atoms with Crippen LogP contribution in [0.3, 0.4) is 0 Å². The van der Waals surface area contributed by atoms with Crippen LogP contribution in [0.15, 0.2) is 48.5 Å². The van der Waals surface area contributed by atoms with Crippen molar-refractivity contribution < 1.29 is 19.3 Å². The van der Waals surface area contributed by atoms with Crippen LogP contribution in [0, 0.1) is 0 Å². The Hall–Kier alpha value is -2.33. The van der Waals surface area contributed by atoms with E-state index in [4.69, 9.17) is 4.74 Å². The maximum atomic E-state index is 11.7. The second kappa shape index (κ2) is 6.02. The molecule has 0 saturated carbocycles. The number of carbonyl (C=O) groups excluding carboxylic acids is 1. The molecule has 4 heteroatoms. The molecule has 0 aliphatic carbocycles. The molecule has 98 valence electrons. The SMILES string of the molecule is COOC(=O)c1cc(OC)cc(-c2ccccc2)c1. The smallest absolute Gasteiger partial charge is 0.373 e. The molecule has 0 aromatic heterocycles. The Morgan fingerprint density at radius 2 is 1.68 bits per heavy atom. The van der Waals surface area contributed by atoms with Gasteiger partial charge in [0.15, 0.2) is 0 Å². The molecule has 0 bridgehead atoms. The molecule has 0 radical (unpaired) electrons. The highest BCUT2D eigenvalue weighted by Crippen LogP contribution is 2.26. The van der Waals surface area contributed by atoms with E-state index in [2.05, 4.69) is 9.78 Å². The van der Waals surface area contributed by atoms with Crippen molar-refractivity contribution in [1.82, 2.24) is 0 Å². The quantitative estimate of drug-likeness (QED) is 0.624. The molecule has 0 unspecified atom stereocenters. The molecule has 0 amide bonds. The summed E-state index contributed by atoms with van der Waals surface area (Å²) in [4.78, 5) is 20.6. The van der Waals surface area contributed by atoms with Crippen LogP contribution >= 0.6 is 0 Å². The highest BCUT2D eigenvalue weighted by atomic mass is 17.2. The van der Waals surface area contributed by atoms with Crippen LogP contribution < -0.4 is 4.74 Å². The van der Waals surface area contributed by atoms with Gasteiger partial charge in [-0.1, -0.05) is 30.3 Å². The number of hydrogen-bond donors (Lipinski definition) is 0. The lowest BCUT2D eigenvalue weighted by Crippen LogP contribution is -2.04. The van der Waals surface area contributed by atoms with E-state index in [1.54, 1.807) is 19.2 Å². The van der Waals surface area contributed by atoms with E-state index >= 15 is 0 Å². The lowest BCUT2D eigenvalue weighted by molar-refractivity contribution is -0.216. The first-order chi connectivity index (χ1) is 9.24. The molecule has 0 heterocycles. The fourth-order valence-corrected chi connectivity index (χ4v) is 1.76. The van der Waals surface area contributed by atoms with E-state index in [0.717, 1.165) is 11.1 Å². The molecular weight excluding hydrogens is 244 g/mol. The lowest BCUT2D eigenvalue weighted by Gasteiger charge is -2.08. The van der Waals surface area contributed by atoms with Crippen molar-refractivity contribution in [2.45, 2.75) is 0 Å². The van der Waals surface area contributed by atoms with Crippen LogP contribution in [0.5, 0.6) is 5.75 Å². The third-order valence-corrected chi connectivity index (χ3v) is 2.64. The Kier molecular flexibility index (Phi) is 4.15. The first-order valence-corrected chi connectivity index (χ1v) is 5.74. The number of methoxy groups -OCH3 is 1. The minimum absolute atomic E-state index is 0.375. The first kappa shape index (κ1) is 13.1. The van der Waals surface area contributed by atoms with Crippen LogP contribution in [-0.2, 0) is 9.78 Å². The van der Waals surface area contributed by atoms with Gasteiger partial charge in [0, 0.05) is 0 Å². The zero-order valence-electron chi connectivity index (χ0n) is 10.8. The summed E-state index contributed by atoms with van der Waals surface area (Å²) in [6.07, 6.45) is 0. The summed E-state index contributed by atoms with van der Waals surface area (Å²) >= 11 is 0. The molecule has 0 saturated heterocycles. The molecule has 19 heavy (non-hydrogen) atoms. The maximum Gasteiger partial charge on any atom is 0.373 e. The molecule has 2 aromatic rings. The van der Waals surface area contributed by atoms with Crippen molar-refractivity contribution in [1.29, 1.82) is 0 Å². The molecule has 2 aromatic carbocycles. The van der Waals surface area contributed by atoms with Crippen molar-refractivity contribution in [2.24, 2.45) is 0 Å². The van der Waals surface area contributed by atoms with Gasteiger partial charge in [-0.2, -0.15) is 4.89 Å². The van der Waals surface area contributed by atoms with Gasteiger partial charge in [0.25, 0.3) is 0 Å². The average Bonchev–Trinajstić information content (AvgIpc) is 2.48. The normalized spacial score (nSPS) is 10.0. The minimum atomic E-state index is -0.557. The molecule has 0 aliphatic rings. The molecule has 0 spiro atoms. The van der Waals surface area contributed by atoms with Gasteiger partial charge in [-0.3, -0.25) is 4.89 Å². The Labute approximate surface area is 111 Å². The van der Waals surface area contributed by atoms with Crippen LogP contribution in [0.1, 0.15) is 10.4 Å². The Balaban J connectivity index is 2.45. The summed E-state index contributed by atoms with van der Waals surface area (Å²) in [7, 11) is 2.84. The molecule has 0 fully saturated rings. The predicted molar refractivity (Wildman–Crippen MR) is 70.9 cm³/mol. The lowest BCUT2D eigenvalue weighted by atomic mass is 10.0. The van der Waals surface area contributed by atoms with Crippen molar-refractivity contribution >= 4 is 5.97 Å². The van der Waals surface area contributed by atoms with Gasteiger partial charge < -0.3 is 4.74 Å². The largest absolute Gasteiger partial charge is 0.497 e. The van der Waals surface area contributed by atoms with Gasteiger partial charge in [-0.25, -0.2) is 4.79 Å². The van der Waals surface area contributed by atoms with Gasteiger partial charge in [-0.15, -0.1) is 0 Å². The maximum absolute atomic E-state index is 11.7. The highest BCUT2D eigenvalue weighted by molar-refractivity contribution is 5.91. The monoisotopic (exact) mass is 258 g/mol. The van der Waals surface area contributed by atoms with E-state index in [1.165, 1.54) is 7.11 Å². The zero-order chi connectivity index (χ0) is 13.7. The van der Waals surface area contributed by atoms with Gasteiger partial charge in [-0.05, 0) is 29.3 Å². The predicted octanol–water partition coefficient (Wildman–Crippen LogP) is 3.08. The molecular formula is C15H14O4. The second-order valence-electron chi connectivity index (χ2n) is 3.85. The molecule has 2 rings (SSSR count). The summed E-state index contributed by atoms with van der Waals surface area (Å²) in [5.41, 5.74) is 2.25. The number of rotatable bonds is 4. The van der Waals surface area contributed by atoms with Crippen molar-refractivity contribution in [3.05, 3.63) is 54.1 Å². The van der Waals surface area contributed by atoms with Crippen molar-refractivity contribution in [3.8, 4) is 16.9 Å². The number of carbonyl (C=O) groups is 1.